The minimum Gasteiger partial charge on any atom is -0.497 e. The Morgan fingerprint density at radius 2 is 1.90 bits per heavy atom. The smallest absolute Gasteiger partial charge is 0.226 e. The Morgan fingerprint density at radius 1 is 1.10 bits per heavy atom. The Balaban J connectivity index is 1.49. The second kappa shape index (κ2) is 8.48. The molecule has 1 atom stereocenters. The van der Waals surface area contributed by atoms with Crippen LogP contribution in [0.2, 0.25) is 0 Å². The summed E-state index contributed by atoms with van der Waals surface area (Å²) in [4.78, 5) is 12.8. The zero-order valence-corrected chi connectivity index (χ0v) is 16.0. The second-order valence-corrected chi connectivity index (χ2v) is 6.63. The summed E-state index contributed by atoms with van der Waals surface area (Å²) >= 11 is 0. The number of benzene rings is 2. The Labute approximate surface area is 168 Å². The Morgan fingerprint density at radius 3 is 2.59 bits per heavy atom. The summed E-state index contributed by atoms with van der Waals surface area (Å²) < 4.78 is 12.5. The van der Waals surface area contributed by atoms with Gasteiger partial charge in [0.2, 0.25) is 5.91 Å². The van der Waals surface area contributed by atoms with Gasteiger partial charge in [0, 0.05) is 29.7 Å². The van der Waals surface area contributed by atoms with Gasteiger partial charge in [0.05, 0.1) is 25.8 Å². The van der Waals surface area contributed by atoms with Gasteiger partial charge < -0.3 is 19.1 Å². The molecule has 0 aliphatic carbocycles. The molecule has 6 heteroatoms. The van der Waals surface area contributed by atoms with E-state index in [1.807, 2.05) is 77.6 Å². The van der Waals surface area contributed by atoms with E-state index in [0.717, 1.165) is 22.6 Å². The molecule has 1 amide bonds. The molecule has 2 aromatic heterocycles. The Kier molecular flexibility index (Phi) is 5.42. The number of amides is 1. The highest BCUT2D eigenvalue weighted by molar-refractivity contribution is 5.91. The highest BCUT2D eigenvalue weighted by Crippen LogP contribution is 2.27. The maximum absolute atomic E-state index is 12.8. The van der Waals surface area contributed by atoms with E-state index in [1.165, 1.54) is 0 Å². The van der Waals surface area contributed by atoms with Crippen molar-refractivity contribution in [1.82, 2.24) is 9.72 Å². The molecule has 29 heavy (non-hydrogen) atoms. The van der Waals surface area contributed by atoms with E-state index < -0.39 is 0 Å². The van der Waals surface area contributed by atoms with Crippen LogP contribution in [0.1, 0.15) is 18.0 Å². The molecule has 0 spiro atoms. The zero-order chi connectivity index (χ0) is 20.1. The van der Waals surface area contributed by atoms with Crippen molar-refractivity contribution in [2.24, 2.45) is 0 Å². The van der Waals surface area contributed by atoms with Gasteiger partial charge in [0.1, 0.15) is 5.75 Å². The van der Waals surface area contributed by atoms with Crippen molar-refractivity contribution >= 4 is 11.6 Å². The van der Waals surface area contributed by atoms with Gasteiger partial charge in [0.25, 0.3) is 0 Å². The van der Waals surface area contributed by atoms with Crippen LogP contribution in [0.25, 0.3) is 11.3 Å². The van der Waals surface area contributed by atoms with E-state index in [2.05, 4.69) is 10.5 Å². The number of rotatable bonds is 7. The lowest BCUT2D eigenvalue weighted by Crippen LogP contribution is -2.19. The molecule has 4 aromatic rings. The highest BCUT2D eigenvalue weighted by atomic mass is 16.5. The third-order valence-electron chi connectivity index (χ3n) is 4.74. The molecule has 0 fully saturated rings. The molecule has 2 heterocycles. The zero-order valence-electron chi connectivity index (χ0n) is 16.0. The predicted molar refractivity (Wildman–Crippen MR) is 111 cm³/mol. The molecule has 2 aromatic carbocycles. The highest BCUT2D eigenvalue weighted by Gasteiger charge is 2.18. The lowest BCUT2D eigenvalue weighted by atomic mass is 10.0. The van der Waals surface area contributed by atoms with Gasteiger partial charge in [-0.15, -0.1) is 0 Å². The van der Waals surface area contributed by atoms with Gasteiger partial charge in [-0.2, -0.15) is 0 Å². The predicted octanol–water partition coefficient (Wildman–Crippen LogP) is 4.77. The normalized spacial score (nSPS) is 11.8. The van der Waals surface area contributed by atoms with Crippen molar-refractivity contribution in [3.8, 4) is 17.1 Å². The van der Waals surface area contributed by atoms with Crippen molar-refractivity contribution in [2.45, 2.75) is 12.5 Å². The largest absolute Gasteiger partial charge is 0.497 e. The third-order valence-corrected chi connectivity index (χ3v) is 4.74. The van der Waals surface area contributed by atoms with Crippen LogP contribution in [0.15, 0.2) is 89.8 Å². The number of carbonyl (C=O) groups is 1. The molecule has 146 valence electrons. The molecule has 0 radical (unpaired) electrons. The van der Waals surface area contributed by atoms with Crippen LogP contribution in [0.3, 0.4) is 0 Å². The summed E-state index contributed by atoms with van der Waals surface area (Å²) in [6.07, 6.45) is 5.82. The van der Waals surface area contributed by atoms with Crippen molar-refractivity contribution in [1.29, 1.82) is 0 Å². The molecule has 0 unspecified atom stereocenters. The first-order valence-electron chi connectivity index (χ1n) is 9.30. The van der Waals surface area contributed by atoms with Crippen LogP contribution < -0.4 is 10.1 Å². The van der Waals surface area contributed by atoms with E-state index in [0.29, 0.717) is 12.2 Å². The van der Waals surface area contributed by atoms with Crippen molar-refractivity contribution in [3.63, 3.8) is 0 Å². The molecular formula is C23H21N3O3. The monoisotopic (exact) mass is 387 g/mol. The van der Waals surface area contributed by atoms with Crippen LogP contribution in [-0.4, -0.2) is 22.7 Å². The first-order chi connectivity index (χ1) is 14.2. The lowest BCUT2D eigenvalue weighted by Gasteiger charge is -2.20. The number of aromatic nitrogens is 2. The topological polar surface area (TPSA) is 69.3 Å². The van der Waals surface area contributed by atoms with E-state index in [1.54, 1.807) is 19.4 Å². The summed E-state index contributed by atoms with van der Waals surface area (Å²) in [5.74, 6) is 1.38. The number of hydrogen-bond acceptors (Lipinski definition) is 4. The van der Waals surface area contributed by atoms with E-state index in [-0.39, 0.29) is 11.9 Å². The van der Waals surface area contributed by atoms with Crippen molar-refractivity contribution in [3.05, 3.63) is 90.9 Å². The number of carbonyl (C=O) groups excluding carboxylic acids is 1. The third kappa shape index (κ3) is 4.38. The summed E-state index contributed by atoms with van der Waals surface area (Å²) in [5, 5.41) is 6.69. The number of methoxy groups -OCH3 is 1. The second-order valence-electron chi connectivity index (χ2n) is 6.63. The maximum Gasteiger partial charge on any atom is 0.226 e. The van der Waals surface area contributed by atoms with Crippen LogP contribution in [-0.2, 0) is 4.79 Å². The molecule has 1 N–H and O–H groups in total. The average molecular weight is 387 g/mol. The van der Waals surface area contributed by atoms with Gasteiger partial charge >= 0.3 is 0 Å². The number of nitrogens with one attached hydrogen (secondary N) is 1. The number of ether oxygens (including phenoxy) is 1. The fourth-order valence-electron chi connectivity index (χ4n) is 3.27. The molecule has 0 saturated heterocycles. The fraction of sp³-hybridized carbons (Fsp3) is 0.130. The van der Waals surface area contributed by atoms with Gasteiger partial charge in [-0.1, -0.05) is 17.3 Å². The lowest BCUT2D eigenvalue weighted by molar-refractivity contribution is -0.116. The summed E-state index contributed by atoms with van der Waals surface area (Å²) in [5.41, 5.74) is 2.65. The van der Waals surface area contributed by atoms with Crippen LogP contribution in [0, 0.1) is 0 Å². The molecule has 6 nitrogen and oxygen atoms in total. The number of hydrogen-bond donors (Lipinski definition) is 1. The van der Waals surface area contributed by atoms with E-state index in [4.69, 9.17) is 9.26 Å². The first kappa shape index (κ1) is 18.6. The molecule has 4 rings (SSSR count). The van der Waals surface area contributed by atoms with E-state index in [9.17, 15) is 4.79 Å². The van der Waals surface area contributed by atoms with Gasteiger partial charge in [-0.3, -0.25) is 4.79 Å². The van der Waals surface area contributed by atoms with Crippen molar-refractivity contribution in [2.75, 3.05) is 12.4 Å². The van der Waals surface area contributed by atoms with Gasteiger partial charge in [0.15, 0.2) is 5.76 Å². The molecule has 0 bridgehead atoms. The molecule has 0 aliphatic rings. The molecule has 0 saturated carbocycles. The number of anilines is 1. The minimum absolute atomic E-state index is 0.0704. The molecule has 0 aliphatic heterocycles. The van der Waals surface area contributed by atoms with Crippen LogP contribution in [0.4, 0.5) is 5.69 Å². The molecular weight excluding hydrogens is 366 g/mol. The number of nitrogens with zero attached hydrogens (tertiary/aromatic N) is 2. The first-order valence-corrected chi connectivity index (χ1v) is 9.30. The van der Waals surface area contributed by atoms with Crippen LogP contribution in [0.5, 0.6) is 5.75 Å². The standard InChI is InChI=1S/C23H21N3O3/c1-28-20-6-4-5-18(15-20)21(26-13-2-3-14-26)16-23(27)25-19-9-7-17(8-10-19)22-11-12-24-29-22/h2-15,21H,16H2,1H3,(H,25,27)/t21-/m0/s1. The Hall–Kier alpha value is -3.80. The summed E-state index contributed by atoms with van der Waals surface area (Å²) in [6.45, 7) is 0. The van der Waals surface area contributed by atoms with Gasteiger partial charge in [-0.05, 0) is 54.1 Å². The maximum atomic E-state index is 12.8. The fourth-order valence-corrected chi connectivity index (χ4v) is 3.27. The SMILES string of the molecule is COc1cccc([C@H](CC(=O)Nc2ccc(-c3ccno3)cc2)n2cccc2)c1. The summed E-state index contributed by atoms with van der Waals surface area (Å²) in [6, 6.07) is 20.9. The van der Waals surface area contributed by atoms with Crippen molar-refractivity contribution < 1.29 is 14.1 Å². The quantitative estimate of drug-likeness (QED) is 0.496. The van der Waals surface area contributed by atoms with Gasteiger partial charge in [-0.25, -0.2) is 0 Å². The van der Waals surface area contributed by atoms with Crippen LogP contribution >= 0.6 is 0 Å². The average Bonchev–Trinajstić information content (AvgIpc) is 3.47. The minimum atomic E-state index is -0.131. The summed E-state index contributed by atoms with van der Waals surface area (Å²) in [7, 11) is 1.64. The van der Waals surface area contributed by atoms with E-state index >= 15 is 0 Å². The Bertz CT molecular complexity index is 1060.